The van der Waals surface area contributed by atoms with E-state index in [2.05, 4.69) is 6.92 Å². The van der Waals surface area contributed by atoms with E-state index in [0.717, 1.165) is 89.0 Å². The third-order valence-corrected chi connectivity index (χ3v) is 10.1. The van der Waals surface area contributed by atoms with E-state index >= 15 is 0 Å². The maximum Gasteiger partial charge on any atom is 0.334 e. The van der Waals surface area contributed by atoms with Gasteiger partial charge < -0.3 is 29.5 Å². The predicted octanol–water partition coefficient (Wildman–Crippen LogP) is 7.86. The molecule has 8 atom stereocenters. The summed E-state index contributed by atoms with van der Waals surface area (Å²) in [7, 11) is 0. The summed E-state index contributed by atoms with van der Waals surface area (Å²) in [5.74, 6) is -0.123. The Kier molecular flexibility index (Phi) is 18.5. The Morgan fingerprint density at radius 2 is 1.14 bits per heavy atom. The van der Waals surface area contributed by atoms with Crippen LogP contribution in [0.3, 0.4) is 0 Å². The van der Waals surface area contributed by atoms with Crippen molar-refractivity contribution in [3.05, 3.63) is 11.6 Å². The SMILES string of the molecule is CCCCCC[C@H](O)CCC[C@H](O)[C@H]1CC[C@@H]([C@@H]2CC[C@@H]([C@@H](O)CCCCCCCCCCCCC3=C[C@H](C)OC3=O)O2)O1. The zero-order chi connectivity index (χ0) is 31.6. The fraction of sp³-hybridized carbons (Fsp3) is 0.919. The number of hydrogen-bond acceptors (Lipinski definition) is 7. The molecule has 0 spiro atoms. The number of esters is 1. The van der Waals surface area contributed by atoms with Crippen LogP contribution in [-0.4, -0.2) is 70.1 Å². The molecule has 2 saturated heterocycles. The standard InChI is InChI=1S/C37H66O7/c1-3-4-5-15-19-30(38)20-17-22-32(40)34-24-26-36(44-34)35-25-23-33(43-35)31(39)21-16-13-11-9-7-6-8-10-12-14-18-29-27-28(2)42-37(29)41/h27-28,30-36,38-40H,3-26H2,1-2H3/t28-,30-,31-,32-,33-,34+,35-,36-/m0/s1. The highest BCUT2D eigenvalue weighted by Gasteiger charge is 2.40. The summed E-state index contributed by atoms with van der Waals surface area (Å²) in [6.07, 6.45) is 25.7. The molecule has 3 heterocycles. The van der Waals surface area contributed by atoms with Crippen LogP contribution in [-0.2, 0) is 19.0 Å². The van der Waals surface area contributed by atoms with Crippen LogP contribution in [0, 0.1) is 0 Å². The first-order chi connectivity index (χ1) is 21.4. The number of cyclic esters (lactones) is 1. The van der Waals surface area contributed by atoms with Gasteiger partial charge in [0, 0.05) is 5.57 Å². The van der Waals surface area contributed by atoms with E-state index in [1.54, 1.807) is 0 Å². The molecule has 0 aromatic heterocycles. The van der Waals surface area contributed by atoms with Crippen molar-refractivity contribution >= 4 is 5.97 Å². The zero-order valence-electron chi connectivity index (χ0n) is 28.1. The molecule has 44 heavy (non-hydrogen) atoms. The quantitative estimate of drug-likeness (QED) is 0.0703. The second-order valence-electron chi connectivity index (χ2n) is 14.0. The summed E-state index contributed by atoms with van der Waals surface area (Å²) in [5, 5.41) is 31.6. The Labute approximate surface area is 268 Å². The molecule has 0 amide bonds. The largest absolute Gasteiger partial charge is 0.455 e. The van der Waals surface area contributed by atoms with Crippen molar-refractivity contribution < 1.29 is 34.3 Å². The lowest BCUT2D eigenvalue weighted by Gasteiger charge is -2.24. The topological polar surface area (TPSA) is 105 Å². The minimum Gasteiger partial charge on any atom is -0.455 e. The number of aliphatic hydroxyl groups excluding tert-OH is 3. The average molecular weight is 623 g/mol. The van der Waals surface area contributed by atoms with Gasteiger partial charge in [-0.1, -0.05) is 90.4 Å². The van der Waals surface area contributed by atoms with E-state index < -0.39 is 12.2 Å². The molecule has 256 valence electrons. The van der Waals surface area contributed by atoms with Gasteiger partial charge in [0.05, 0.1) is 42.7 Å². The van der Waals surface area contributed by atoms with E-state index in [-0.39, 0.29) is 42.6 Å². The molecule has 3 N–H and O–H groups in total. The summed E-state index contributed by atoms with van der Waals surface area (Å²) < 4.78 is 17.7. The highest BCUT2D eigenvalue weighted by molar-refractivity contribution is 5.90. The molecule has 3 aliphatic heterocycles. The van der Waals surface area contributed by atoms with Crippen molar-refractivity contribution in [2.24, 2.45) is 0 Å². The van der Waals surface area contributed by atoms with Crippen LogP contribution in [0.5, 0.6) is 0 Å². The lowest BCUT2D eigenvalue weighted by Crippen LogP contribution is -2.33. The number of aliphatic hydroxyl groups is 3. The van der Waals surface area contributed by atoms with Crippen molar-refractivity contribution in [3.8, 4) is 0 Å². The molecule has 3 aliphatic rings. The average Bonchev–Trinajstić information content (AvgIpc) is 3.76. The molecule has 2 fully saturated rings. The number of carbonyl (C=O) groups is 1. The second kappa shape index (κ2) is 21.7. The minimum atomic E-state index is -0.479. The van der Waals surface area contributed by atoms with Gasteiger partial charge in [0.1, 0.15) is 6.10 Å². The molecule has 3 rings (SSSR count). The molecule has 0 radical (unpaired) electrons. The van der Waals surface area contributed by atoms with Gasteiger partial charge in [-0.15, -0.1) is 0 Å². The van der Waals surface area contributed by atoms with Gasteiger partial charge in [0.15, 0.2) is 0 Å². The van der Waals surface area contributed by atoms with Crippen molar-refractivity contribution in [3.63, 3.8) is 0 Å². The Balaban J connectivity index is 1.13. The maximum atomic E-state index is 11.6. The molecule has 0 aromatic rings. The van der Waals surface area contributed by atoms with E-state index in [1.807, 2.05) is 13.0 Å². The van der Waals surface area contributed by atoms with Crippen molar-refractivity contribution in [1.82, 2.24) is 0 Å². The minimum absolute atomic E-state index is 0.0170. The lowest BCUT2D eigenvalue weighted by atomic mass is 9.99. The fourth-order valence-electron chi connectivity index (χ4n) is 7.28. The summed E-state index contributed by atoms with van der Waals surface area (Å²) in [4.78, 5) is 11.6. The molecule has 0 saturated carbocycles. The summed E-state index contributed by atoms with van der Waals surface area (Å²) in [6.45, 7) is 4.11. The Bertz CT molecular complexity index is 801. The summed E-state index contributed by atoms with van der Waals surface area (Å²) >= 11 is 0. The van der Waals surface area contributed by atoms with Crippen LogP contribution < -0.4 is 0 Å². The number of rotatable bonds is 25. The zero-order valence-corrected chi connectivity index (χ0v) is 28.1. The molecule has 0 aliphatic carbocycles. The van der Waals surface area contributed by atoms with Gasteiger partial charge in [0.2, 0.25) is 0 Å². The van der Waals surface area contributed by atoms with Gasteiger partial charge in [-0.05, 0) is 83.6 Å². The third kappa shape index (κ3) is 14.2. The number of unbranched alkanes of at least 4 members (excludes halogenated alkanes) is 12. The van der Waals surface area contributed by atoms with Crippen LogP contribution >= 0.6 is 0 Å². The Hall–Kier alpha value is -0.990. The van der Waals surface area contributed by atoms with Crippen LogP contribution in [0.1, 0.15) is 168 Å². The number of carbonyl (C=O) groups excluding carboxylic acids is 1. The van der Waals surface area contributed by atoms with E-state index in [4.69, 9.17) is 14.2 Å². The van der Waals surface area contributed by atoms with Gasteiger partial charge in [-0.2, -0.15) is 0 Å². The smallest absolute Gasteiger partial charge is 0.334 e. The first-order valence-corrected chi connectivity index (χ1v) is 18.6. The maximum absolute atomic E-state index is 11.6. The third-order valence-electron chi connectivity index (χ3n) is 10.1. The molecular weight excluding hydrogens is 556 g/mol. The van der Waals surface area contributed by atoms with Gasteiger partial charge in [0.25, 0.3) is 0 Å². The number of ether oxygens (including phenoxy) is 3. The molecule has 7 heteroatoms. The molecule has 0 bridgehead atoms. The Morgan fingerprint density at radius 1 is 0.659 bits per heavy atom. The Morgan fingerprint density at radius 3 is 1.68 bits per heavy atom. The van der Waals surface area contributed by atoms with Crippen molar-refractivity contribution in [2.45, 2.75) is 217 Å². The van der Waals surface area contributed by atoms with Gasteiger partial charge >= 0.3 is 5.97 Å². The molecular formula is C37H66O7. The van der Waals surface area contributed by atoms with Crippen LogP contribution in [0.2, 0.25) is 0 Å². The second-order valence-corrected chi connectivity index (χ2v) is 14.0. The van der Waals surface area contributed by atoms with Crippen molar-refractivity contribution in [2.75, 3.05) is 0 Å². The first-order valence-electron chi connectivity index (χ1n) is 18.6. The van der Waals surface area contributed by atoms with Crippen LogP contribution in [0.15, 0.2) is 11.6 Å². The van der Waals surface area contributed by atoms with Crippen LogP contribution in [0.25, 0.3) is 0 Å². The van der Waals surface area contributed by atoms with Crippen LogP contribution in [0.4, 0.5) is 0 Å². The molecule has 0 unspecified atom stereocenters. The highest BCUT2D eigenvalue weighted by Crippen LogP contribution is 2.34. The normalized spacial score (nSPS) is 27.4. The van der Waals surface area contributed by atoms with E-state index in [1.165, 1.54) is 64.2 Å². The lowest BCUT2D eigenvalue weighted by molar-refractivity contribution is -0.139. The first kappa shape index (κ1) is 37.5. The van der Waals surface area contributed by atoms with Crippen molar-refractivity contribution in [1.29, 1.82) is 0 Å². The van der Waals surface area contributed by atoms with Gasteiger partial charge in [-0.25, -0.2) is 4.79 Å². The fourth-order valence-corrected chi connectivity index (χ4v) is 7.28. The molecule has 0 aromatic carbocycles. The predicted molar refractivity (Wildman–Crippen MR) is 175 cm³/mol. The monoisotopic (exact) mass is 622 g/mol. The summed E-state index contributed by atoms with van der Waals surface area (Å²) in [5.41, 5.74) is 0.863. The highest BCUT2D eigenvalue weighted by atomic mass is 16.6. The summed E-state index contributed by atoms with van der Waals surface area (Å²) in [6, 6.07) is 0. The number of hydrogen-bond donors (Lipinski definition) is 3. The molecule has 7 nitrogen and oxygen atoms in total. The van der Waals surface area contributed by atoms with Gasteiger partial charge in [-0.3, -0.25) is 0 Å². The van der Waals surface area contributed by atoms with E-state index in [0.29, 0.717) is 6.42 Å². The van der Waals surface area contributed by atoms with E-state index in [9.17, 15) is 20.1 Å².